The Bertz CT molecular complexity index is 230. The Labute approximate surface area is 98.1 Å². The zero-order chi connectivity index (χ0) is 12.2. The van der Waals surface area contributed by atoms with Crippen molar-refractivity contribution in [2.45, 2.75) is 52.7 Å². The van der Waals surface area contributed by atoms with Gasteiger partial charge >= 0.3 is 6.03 Å². The van der Waals surface area contributed by atoms with Crippen molar-refractivity contribution < 1.29 is 9.53 Å². The van der Waals surface area contributed by atoms with Gasteiger partial charge in [0.05, 0.1) is 6.10 Å². The number of hydrogen-bond donors (Lipinski definition) is 2. The highest BCUT2D eigenvalue weighted by atomic mass is 16.5. The molecule has 0 radical (unpaired) electrons. The van der Waals surface area contributed by atoms with Crippen molar-refractivity contribution in [3.63, 3.8) is 0 Å². The predicted octanol–water partition coefficient (Wildman–Crippen LogP) is 1.90. The van der Waals surface area contributed by atoms with Gasteiger partial charge in [0.2, 0.25) is 0 Å². The Balaban J connectivity index is 2.20. The molecule has 1 aliphatic heterocycles. The Morgan fingerprint density at radius 2 is 2.19 bits per heavy atom. The molecule has 2 N–H and O–H groups in total. The van der Waals surface area contributed by atoms with Crippen LogP contribution in [0.2, 0.25) is 0 Å². The lowest BCUT2D eigenvalue weighted by Crippen LogP contribution is -2.47. The van der Waals surface area contributed by atoms with E-state index in [0.717, 1.165) is 19.4 Å². The van der Waals surface area contributed by atoms with Gasteiger partial charge in [0.25, 0.3) is 0 Å². The molecule has 0 aromatic rings. The number of nitrogens with one attached hydrogen (secondary N) is 2. The summed E-state index contributed by atoms with van der Waals surface area (Å²) in [4.78, 5) is 11.6. The molecule has 2 amide bonds. The summed E-state index contributed by atoms with van der Waals surface area (Å²) in [6, 6.07) is 0.0509. The number of ether oxygens (including phenoxy) is 1. The lowest BCUT2D eigenvalue weighted by molar-refractivity contribution is 0.111. The van der Waals surface area contributed by atoms with Crippen LogP contribution in [0, 0.1) is 5.41 Å². The van der Waals surface area contributed by atoms with Crippen molar-refractivity contribution in [2.75, 3.05) is 13.2 Å². The van der Waals surface area contributed by atoms with Crippen LogP contribution < -0.4 is 10.6 Å². The summed E-state index contributed by atoms with van der Waals surface area (Å²) >= 11 is 0. The SMILES string of the molecule is CC(NC(=O)NCC1CCCO1)C(C)(C)C. The zero-order valence-electron chi connectivity index (χ0n) is 10.8. The molecule has 1 saturated heterocycles. The molecular weight excluding hydrogens is 204 g/mol. The molecule has 4 nitrogen and oxygen atoms in total. The third-order valence-electron chi connectivity index (χ3n) is 3.16. The van der Waals surface area contributed by atoms with Crippen LogP contribution in [-0.4, -0.2) is 31.3 Å². The zero-order valence-corrected chi connectivity index (χ0v) is 10.8. The van der Waals surface area contributed by atoms with Crippen LogP contribution in [-0.2, 0) is 4.74 Å². The summed E-state index contributed by atoms with van der Waals surface area (Å²) in [5, 5.41) is 5.79. The molecule has 0 aliphatic carbocycles. The number of rotatable bonds is 3. The first-order chi connectivity index (χ1) is 7.39. The molecule has 1 aliphatic rings. The molecule has 0 aromatic carbocycles. The van der Waals surface area contributed by atoms with Crippen molar-refractivity contribution in [3.05, 3.63) is 0 Å². The van der Waals surface area contributed by atoms with E-state index in [-0.39, 0.29) is 23.6 Å². The molecule has 2 atom stereocenters. The van der Waals surface area contributed by atoms with Crippen LogP contribution in [0.4, 0.5) is 4.79 Å². The predicted molar refractivity (Wildman–Crippen MR) is 64.4 cm³/mol. The minimum atomic E-state index is -0.0991. The molecule has 0 bridgehead atoms. The third kappa shape index (κ3) is 4.39. The van der Waals surface area contributed by atoms with Gasteiger partial charge in [0.1, 0.15) is 0 Å². The van der Waals surface area contributed by atoms with E-state index in [1.54, 1.807) is 0 Å². The molecule has 94 valence electrons. The highest BCUT2D eigenvalue weighted by Crippen LogP contribution is 2.18. The summed E-state index contributed by atoms with van der Waals surface area (Å²) < 4.78 is 5.43. The molecule has 2 unspecified atom stereocenters. The van der Waals surface area contributed by atoms with Crippen LogP contribution in [0.15, 0.2) is 0 Å². The lowest BCUT2D eigenvalue weighted by Gasteiger charge is -2.28. The van der Waals surface area contributed by atoms with E-state index in [1.165, 1.54) is 0 Å². The molecule has 0 saturated carbocycles. The number of hydrogen-bond acceptors (Lipinski definition) is 2. The summed E-state index contributed by atoms with van der Waals surface area (Å²) in [6.07, 6.45) is 2.36. The fourth-order valence-corrected chi connectivity index (χ4v) is 1.48. The Morgan fingerprint density at radius 1 is 1.50 bits per heavy atom. The van der Waals surface area contributed by atoms with Crippen molar-refractivity contribution in [3.8, 4) is 0 Å². The fraction of sp³-hybridized carbons (Fsp3) is 0.917. The first kappa shape index (κ1) is 13.3. The number of amides is 2. The molecule has 1 heterocycles. The smallest absolute Gasteiger partial charge is 0.315 e. The second kappa shape index (κ2) is 5.53. The van der Waals surface area contributed by atoms with Crippen molar-refractivity contribution in [2.24, 2.45) is 5.41 Å². The fourth-order valence-electron chi connectivity index (χ4n) is 1.48. The van der Waals surface area contributed by atoms with E-state index < -0.39 is 0 Å². The largest absolute Gasteiger partial charge is 0.376 e. The maximum Gasteiger partial charge on any atom is 0.315 e. The van der Waals surface area contributed by atoms with Gasteiger partial charge in [-0.15, -0.1) is 0 Å². The van der Waals surface area contributed by atoms with Gasteiger partial charge in [-0.1, -0.05) is 20.8 Å². The second-order valence-electron chi connectivity index (χ2n) is 5.58. The molecule has 0 spiro atoms. The minimum absolute atomic E-state index is 0.0845. The van der Waals surface area contributed by atoms with Crippen LogP contribution in [0.25, 0.3) is 0 Å². The summed E-state index contributed by atoms with van der Waals surface area (Å²) in [5.74, 6) is 0. The van der Waals surface area contributed by atoms with Gasteiger partial charge in [-0.05, 0) is 25.2 Å². The molecular formula is C12H24N2O2. The van der Waals surface area contributed by atoms with Crippen LogP contribution in [0.5, 0.6) is 0 Å². The van der Waals surface area contributed by atoms with Gasteiger partial charge in [-0.25, -0.2) is 4.79 Å². The van der Waals surface area contributed by atoms with Crippen LogP contribution in [0.1, 0.15) is 40.5 Å². The Hall–Kier alpha value is -0.770. The average molecular weight is 228 g/mol. The molecule has 4 heteroatoms. The Kier molecular flexibility index (Phi) is 4.59. The van der Waals surface area contributed by atoms with Gasteiger partial charge in [0, 0.05) is 19.2 Å². The van der Waals surface area contributed by atoms with Gasteiger partial charge in [-0.3, -0.25) is 0 Å². The molecule has 0 aromatic heterocycles. The quantitative estimate of drug-likeness (QED) is 0.775. The van der Waals surface area contributed by atoms with Crippen LogP contribution >= 0.6 is 0 Å². The number of carbonyl (C=O) groups excluding carboxylic acids is 1. The Morgan fingerprint density at radius 3 is 2.69 bits per heavy atom. The van der Waals surface area contributed by atoms with Gasteiger partial charge in [-0.2, -0.15) is 0 Å². The first-order valence-electron chi connectivity index (χ1n) is 6.05. The normalized spacial score (nSPS) is 22.9. The highest BCUT2D eigenvalue weighted by molar-refractivity contribution is 5.74. The highest BCUT2D eigenvalue weighted by Gasteiger charge is 2.22. The van der Waals surface area contributed by atoms with E-state index in [1.807, 2.05) is 6.92 Å². The molecule has 1 rings (SSSR count). The number of carbonyl (C=O) groups is 1. The third-order valence-corrected chi connectivity index (χ3v) is 3.16. The number of urea groups is 1. The van der Waals surface area contributed by atoms with E-state index in [2.05, 4.69) is 31.4 Å². The first-order valence-corrected chi connectivity index (χ1v) is 6.05. The topological polar surface area (TPSA) is 50.4 Å². The van der Waals surface area contributed by atoms with E-state index in [4.69, 9.17) is 4.74 Å². The van der Waals surface area contributed by atoms with E-state index in [9.17, 15) is 4.79 Å². The monoisotopic (exact) mass is 228 g/mol. The van der Waals surface area contributed by atoms with E-state index in [0.29, 0.717) is 6.54 Å². The van der Waals surface area contributed by atoms with Crippen molar-refractivity contribution in [1.82, 2.24) is 10.6 Å². The maximum absolute atomic E-state index is 11.6. The van der Waals surface area contributed by atoms with Gasteiger partial charge in [0.15, 0.2) is 0 Å². The summed E-state index contributed by atoms with van der Waals surface area (Å²) in [7, 11) is 0. The summed E-state index contributed by atoms with van der Waals surface area (Å²) in [5.41, 5.74) is 0.0845. The second-order valence-corrected chi connectivity index (χ2v) is 5.58. The van der Waals surface area contributed by atoms with Gasteiger partial charge < -0.3 is 15.4 Å². The van der Waals surface area contributed by atoms with Crippen molar-refractivity contribution in [1.29, 1.82) is 0 Å². The molecule has 1 fully saturated rings. The van der Waals surface area contributed by atoms with E-state index >= 15 is 0 Å². The standard InChI is InChI=1S/C12H24N2O2/c1-9(12(2,3)4)14-11(15)13-8-10-6-5-7-16-10/h9-10H,5-8H2,1-4H3,(H2,13,14,15). The summed E-state index contributed by atoms with van der Waals surface area (Å²) in [6.45, 7) is 9.79. The average Bonchev–Trinajstić information content (AvgIpc) is 2.65. The minimum Gasteiger partial charge on any atom is -0.376 e. The lowest BCUT2D eigenvalue weighted by atomic mass is 9.88. The van der Waals surface area contributed by atoms with Crippen LogP contribution in [0.3, 0.4) is 0 Å². The van der Waals surface area contributed by atoms with Crippen molar-refractivity contribution >= 4 is 6.03 Å². The maximum atomic E-state index is 11.6. The molecule has 16 heavy (non-hydrogen) atoms.